The second kappa shape index (κ2) is 5.73. The molecule has 0 bridgehead atoms. The van der Waals surface area contributed by atoms with Gasteiger partial charge >= 0.3 is 5.63 Å². The van der Waals surface area contributed by atoms with E-state index in [2.05, 4.69) is 5.32 Å². The number of benzene rings is 2. The highest BCUT2D eigenvalue weighted by atomic mass is 16.5. The lowest BCUT2D eigenvalue weighted by atomic mass is 10.1. The van der Waals surface area contributed by atoms with E-state index < -0.39 is 5.63 Å². The minimum Gasteiger partial charge on any atom is -0.497 e. The topological polar surface area (TPSA) is 68.5 Å². The molecule has 0 atom stereocenters. The number of hydrogen-bond acceptors (Lipinski definition) is 4. The minimum absolute atomic E-state index is 0.262. The van der Waals surface area contributed by atoms with Gasteiger partial charge < -0.3 is 14.5 Å². The minimum atomic E-state index is -0.584. The van der Waals surface area contributed by atoms with Gasteiger partial charge in [0.15, 0.2) is 0 Å². The largest absolute Gasteiger partial charge is 0.497 e. The molecule has 0 saturated heterocycles. The second-order valence-corrected chi connectivity index (χ2v) is 4.66. The molecule has 0 aliphatic heterocycles. The molecule has 2 aromatic carbocycles. The van der Waals surface area contributed by atoms with E-state index in [-0.39, 0.29) is 11.5 Å². The van der Waals surface area contributed by atoms with Gasteiger partial charge in [0.1, 0.15) is 11.3 Å². The number of nitrogens with one attached hydrogen (secondary N) is 1. The van der Waals surface area contributed by atoms with Crippen molar-refractivity contribution >= 4 is 22.6 Å². The molecule has 0 unspecified atom stereocenters. The Morgan fingerprint density at radius 2 is 1.86 bits per heavy atom. The van der Waals surface area contributed by atoms with Crippen LogP contribution in [0, 0.1) is 0 Å². The Morgan fingerprint density at radius 1 is 1.09 bits per heavy atom. The summed E-state index contributed by atoms with van der Waals surface area (Å²) in [6, 6.07) is 15.2. The molecule has 1 aromatic heterocycles. The average molecular weight is 295 g/mol. The third kappa shape index (κ3) is 2.69. The Balaban J connectivity index is 2.06. The molecule has 5 heteroatoms. The summed E-state index contributed by atoms with van der Waals surface area (Å²) >= 11 is 0. The van der Waals surface area contributed by atoms with Gasteiger partial charge in [0.2, 0.25) is 0 Å². The van der Waals surface area contributed by atoms with Crippen LogP contribution in [-0.2, 0) is 0 Å². The molecule has 3 rings (SSSR count). The molecular weight excluding hydrogens is 282 g/mol. The van der Waals surface area contributed by atoms with Crippen LogP contribution in [0.4, 0.5) is 5.69 Å². The summed E-state index contributed by atoms with van der Waals surface area (Å²) < 4.78 is 10.2. The van der Waals surface area contributed by atoms with Gasteiger partial charge in [0.05, 0.1) is 12.7 Å². The maximum Gasteiger partial charge on any atom is 0.337 e. The van der Waals surface area contributed by atoms with Crippen molar-refractivity contribution in [1.82, 2.24) is 0 Å². The number of ether oxygens (including phenoxy) is 1. The molecule has 3 aromatic rings. The Kier molecular flexibility index (Phi) is 3.62. The van der Waals surface area contributed by atoms with Crippen LogP contribution < -0.4 is 15.7 Å². The highest BCUT2D eigenvalue weighted by molar-refractivity contribution is 6.12. The van der Waals surface area contributed by atoms with Crippen molar-refractivity contribution < 1.29 is 13.9 Å². The SMILES string of the molecule is COc1ccc2c(C(=O)Nc3ccccc3)cc(=O)oc2c1. The average Bonchev–Trinajstić information content (AvgIpc) is 2.54. The molecular formula is C17H13NO4. The zero-order valence-corrected chi connectivity index (χ0v) is 11.8. The van der Waals surface area contributed by atoms with E-state index in [1.807, 2.05) is 18.2 Å². The molecule has 0 aliphatic carbocycles. The number of rotatable bonds is 3. The Morgan fingerprint density at radius 3 is 2.59 bits per heavy atom. The second-order valence-electron chi connectivity index (χ2n) is 4.66. The van der Waals surface area contributed by atoms with E-state index in [9.17, 15) is 9.59 Å². The fourth-order valence-corrected chi connectivity index (χ4v) is 2.18. The summed E-state index contributed by atoms with van der Waals surface area (Å²) in [6.45, 7) is 0. The van der Waals surface area contributed by atoms with Crippen LogP contribution in [0.15, 0.2) is 63.8 Å². The molecule has 0 saturated carbocycles. The fraction of sp³-hybridized carbons (Fsp3) is 0.0588. The van der Waals surface area contributed by atoms with Gasteiger partial charge in [0, 0.05) is 23.2 Å². The third-order valence-electron chi connectivity index (χ3n) is 3.23. The van der Waals surface area contributed by atoms with E-state index in [4.69, 9.17) is 9.15 Å². The molecule has 22 heavy (non-hydrogen) atoms. The summed E-state index contributed by atoms with van der Waals surface area (Å²) in [5.74, 6) is 0.186. The number of fused-ring (bicyclic) bond motifs is 1. The lowest BCUT2D eigenvalue weighted by Crippen LogP contribution is -2.15. The van der Waals surface area contributed by atoms with E-state index >= 15 is 0 Å². The number of anilines is 1. The van der Waals surface area contributed by atoms with Crippen molar-refractivity contribution in [2.24, 2.45) is 0 Å². The van der Waals surface area contributed by atoms with Gasteiger partial charge in [-0.25, -0.2) is 4.79 Å². The highest BCUT2D eigenvalue weighted by Gasteiger charge is 2.14. The van der Waals surface area contributed by atoms with Crippen LogP contribution in [0.2, 0.25) is 0 Å². The fourth-order valence-electron chi connectivity index (χ4n) is 2.18. The van der Waals surface area contributed by atoms with Gasteiger partial charge in [-0.05, 0) is 24.3 Å². The number of para-hydroxylation sites is 1. The predicted octanol–water partition coefficient (Wildman–Crippen LogP) is 3.05. The number of hydrogen-bond donors (Lipinski definition) is 1. The van der Waals surface area contributed by atoms with E-state index in [0.717, 1.165) is 0 Å². The van der Waals surface area contributed by atoms with E-state index in [1.165, 1.54) is 13.2 Å². The van der Waals surface area contributed by atoms with Gasteiger partial charge in [-0.15, -0.1) is 0 Å². The van der Waals surface area contributed by atoms with Crippen LogP contribution in [0.5, 0.6) is 5.75 Å². The zero-order chi connectivity index (χ0) is 15.5. The van der Waals surface area contributed by atoms with Crippen LogP contribution in [0.1, 0.15) is 10.4 Å². The molecule has 0 fully saturated rings. The highest BCUT2D eigenvalue weighted by Crippen LogP contribution is 2.23. The first-order valence-corrected chi connectivity index (χ1v) is 6.65. The number of carbonyl (C=O) groups excluding carboxylic acids is 1. The van der Waals surface area contributed by atoms with Crippen molar-refractivity contribution in [1.29, 1.82) is 0 Å². The molecule has 0 spiro atoms. The Bertz CT molecular complexity index is 884. The quantitative estimate of drug-likeness (QED) is 0.754. The zero-order valence-electron chi connectivity index (χ0n) is 11.8. The molecule has 0 radical (unpaired) electrons. The third-order valence-corrected chi connectivity index (χ3v) is 3.23. The Hall–Kier alpha value is -3.08. The number of carbonyl (C=O) groups is 1. The van der Waals surface area contributed by atoms with Crippen LogP contribution >= 0.6 is 0 Å². The Labute approximate surface area is 126 Å². The first kappa shape index (κ1) is 13.9. The number of methoxy groups -OCH3 is 1. The molecule has 110 valence electrons. The monoisotopic (exact) mass is 295 g/mol. The van der Waals surface area contributed by atoms with Crippen molar-refractivity contribution in [2.45, 2.75) is 0 Å². The first-order chi connectivity index (χ1) is 10.7. The molecule has 1 N–H and O–H groups in total. The van der Waals surface area contributed by atoms with Crippen molar-refractivity contribution in [3.8, 4) is 5.75 Å². The summed E-state index contributed by atoms with van der Waals surface area (Å²) in [6.07, 6.45) is 0. The molecule has 5 nitrogen and oxygen atoms in total. The van der Waals surface area contributed by atoms with Gasteiger partial charge in [-0.1, -0.05) is 18.2 Å². The summed E-state index contributed by atoms with van der Waals surface area (Å²) in [5.41, 5.74) is 0.643. The molecule has 1 amide bonds. The van der Waals surface area contributed by atoms with Gasteiger partial charge in [0.25, 0.3) is 5.91 Å². The molecule has 0 aliphatic rings. The summed E-state index contributed by atoms with van der Waals surface area (Å²) in [7, 11) is 1.52. The lowest BCUT2D eigenvalue weighted by molar-refractivity contribution is 0.102. The van der Waals surface area contributed by atoms with Crippen LogP contribution in [-0.4, -0.2) is 13.0 Å². The van der Waals surface area contributed by atoms with Crippen molar-refractivity contribution in [2.75, 3.05) is 12.4 Å². The number of amides is 1. The predicted molar refractivity (Wildman–Crippen MR) is 83.4 cm³/mol. The van der Waals surface area contributed by atoms with E-state index in [0.29, 0.717) is 22.4 Å². The standard InChI is InChI=1S/C17H13NO4/c1-21-12-7-8-13-14(10-16(19)22-15(13)9-12)17(20)18-11-5-3-2-4-6-11/h2-10H,1H3,(H,18,20). The van der Waals surface area contributed by atoms with Gasteiger partial charge in [-0.3, -0.25) is 4.79 Å². The first-order valence-electron chi connectivity index (χ1n) is 6.65. The van der Waals surface area contributed by atoms with Crippen molar-refractivity contribution in [3.05, 3.63) is 70.6 Å². The van der Waals surface area contributed by atoms with Crippen LogP contribution in [0.3, 0.4) is 0 Å². The maximum absolute atomic E-state index is 12.4. The maximum atomic E-state index is 12.4. The smallest absolute Gasteiger partial charge is 0.337 e. The van der Waals surface area contributed by atoms with E-state index in [1.54, 1.807) is 30.3 Å². The molecule has 1 heterocycles. The van der Waals surface area contributed by atoms with Crippen LogP contribution in [0.25, 0.3) is 11.0 Å². The summed E-state index contributed by atoms with van der Waals surface area (Å²) in [5, 5.41) is 3.31. The normalized spacial score (nSPS) is 10.4. The van der Waals surface area contributed by atoms with Gasteiger partial charge in [-0.2, -0.15) is 0 Å². The summed E-state index contributed by atoms with van der Waals surface area (Å²) in [4.78, 5) is 24.1. The lowest BCUT2D eigenvalue weighted by Gasteiger charge is -2.08. The van der Waals surface area contributed by atoms with Crippen molar-refractivity contribution in [3.63, 3.8) is 0 Å².